The predicted molar refractivity (Wildman–Crippen MR) is 260 cm³/mol. The second-order valence-corrected chi connectivity index (χ2v) is 16.3. The van der Waals surface area contributed by atoms with Crippen LogP contribution in [-0.2, 0) is 5.41 Å². The Hall–Kier alpha value is -8.20. The molecule has 2 nitrogen and oxygen atoms in total. The summed E-state index contributed by atoms with van der Waals surface area (Å²) in [4.78, 5) is 2.47. The molecule has 0 bridgehead atoms. The van der Waals surface area contributed by atoms with E-state index in [9.17, 15) is 0 Å². The summed E-state index contributed by atoms with van der Waals surface area (Å²) in [6.45, 7) is 0. The first-order valence-corrected chi connectivity index (χ1v) is 21.7. The zero-order valence-electron chi connectivity index (χ0n) is 34.5. The first kappa shape index (κ1) is 36.6. The van der Waals surface area contributed by atoms with Gasteiger partial charge in [-0.15, -0.1) is 0 Å². The molecule has 63 heavy (non-hydrogen) atoms. The standard InChI is InChI=1S/C61H41NO/c1-3-20-42(21-4-1)44-24-19-25-45(40-44)62(58-35-16-12-31-53(58)50-29-10-9-28-49(50)48-27-8-7-26-47(48)43-22-5-2-6-23-43)46-38-39-52-51-30-11-13-32-54(51)61(57(52)41-46)55-33-14-17-36-59(55)63-60-37-18-15-34-56(60)61/h1-41H. The maximum atomic E-state index is 6.70. The summed E-state index contributed by atoms with van der Waals surface area (Å²) < 4.78 is 6.70. The molecule has 296 valence electrons. The van der Waals surface area contributed by atoms with Gasteiger partial charge in [0.15, 0.2) is 0 Å². The lowest BCUT2D eigenvalue weighted by Gasteiger charge is -2.39. The van der Waals surface area contributed by atoms with Gasteiger partial charge in [0.25, 0.3) is 0 Å². The summed E-state index contributed by atoms with van der Waals surface area (Å²) in [7, 11) is 0. The van der Waals surface area contributed by atoms with Gasteiger partial charge in [-0.05, 0) is 104 Å². The molecule has 0 fully saturated rings. The first-order valence-electron chi connectivity index (χ1n) is 21.7. The quantitative estimate of drug-likeness (QED) is 0.159. The Morgan fingerprint density at radius 3 is 1.41 bits per heavy atom. The molecule has 0 saturated carbocycles. The average Bonchev–Trinajstić information content (AvgIpc) is 3.65. The molecule has 10 aromatic carbocycles. The fraction of sp³-hybridized carbons (Fsp3) is 0.0164. The van der Waals surface area contributed by atoms with Crippen molar-refractivity contribution in [3.63, 3.8) is 0 Å². The number of anilines is 3. The molecule has 0 radical (unpaired) electrons. The summed E-state index contributed by atoms with van der Waals surface area (Å²) in [5, 5.41) is 0. The third-order valence-corrected chi connectivity index (χ3v) is 13.0. The Labute approximate surface area is 368 Å². The summed E-state index contributed by atoms with van der Waals surface area (Å²) in [5.74, 6) is 1.77. The Morgan fingerprint density at radius 2 is 0.730 bits per heavy atom. The van der Waals surface area contributed by atoms with Crippen molar-refractivity contribution in [1.82, 2.24) is 0 Å². The van der Waals surface area contributed by atoms with Crippen molar-refractivity contribution in [1.29, 1.82) is 0 Å². The molecule has 2 heteroatoms. The van der Waals surface area contributed by atoms with E-state index in [1.807, 2.05) is 0 Å². The summed E-state index contributed by atoms with van der Waals surface area (Å²) in [6.07, 6.45) is 0. The van der Waals surface area contributed by atoms with E-state index >= 15 is 0 Å². The maximum Gasteiger partial charge on any atom is 0.132 e. The van der Waals surface area contributed by atoms with Crippen molar-refractivity contribution >= 4 is 17.1 Å². The van der Waals surface area contributed by atoms with Gasteiger partial charge in [-0.1, -0.05) is 206 Å². The normalized spacial score (nSPS) is 12.7. The van der Waals surface area contributed by atoms with Crippen molar-refractivity contribution < 1.29 is 4.74 Å². The Bertz CT molecular complexity index is 3290. The molecule has 10 aromatic rings. The van der Waals surface area contributed by atoms with E-state index in [0.29, 0.717) is 0 Å². The van der Waals surface area contributed by atoms with Gasteiger partial charge >= 0.3 is 0 Å². The van der Waals surface area contributed by atoms with Crippen LogP contribution in [0.15, 0.2) is 249 Å². The van der Waals surface area contributed by atoms with Crippen LogP contribution in [0.3, 0.4) is 0 Å². The van der Waals surface area contributed by atoms with Crippen molar-refractivity contribution in [2.24, 2.45) is 0 Å². The van der Waals surface area contributed by atoms with E-state index in [2.05, 4.69) is 254 Å². The van der Waals surface area contributed by atoms with Crippen molar-refractivity contribution in [3.8, 4) is 67.1 Å². The minimum Gasteiger partial charge on any atom is -0.457 e. The number of fused-ring (bicyclic) bond motifs is 9. The van der Waals surface area contributed by atoms with Crippen LogP contribution in [0.2, 0.25) is 0 Å². The zero-order chi connectivity index (χ0) is 41.7. The van der Waals surface area contributed by atoms with E-state index in [4.69, 9.17) is 4.74 Å². The highest BCUT2D eigenvalue weighted by molar-refractivity contribution is 5.98. The Morgan fingerprint density at radius 1 is 0.270 bits per heavy atom. The molecule has 1 heterocycles. The summed E-state index contributed by atoms with van der Waals surface area (Å²) >= 11 is 0. The van der Waals surface area contributed by atoms with E-state index < -0.39 is 5.41 Å². The fourth-order valence-electron chi connectivity index (χ4n) is 10.3. The lowest BCUT2D eigenvalue weighted by Crippen LogP contribution is -2.32. The number of para-hydroxylation sites is 3. The monoisotopic (exact) mass is 803 g/mol. The predicted octanol–water partition coefficient (Wildman–Crippen LogP) is 16.3. The van der Waals surface area contributed by atoms with Gasteiger partial charge in [-0.3, -0.25) is 0 Å². The number of hydrogen-bond acceptors (Lipinski definition) is 2. The van der Waals surface area contributed by atoms with Crippen LogP contribution in [-0.4, -0.2) is 0 Å². The van der Waals surface area contributed by atoms with Crippen LogP contribution in [0.1, 0.15) is 22.3 Å². The van der Waals surface area contributed by atoms with Gasteiger partial charge in [0, 0.05) is 28.1 Å². The van der Waals surface area contributed by atoms with Gasteiger partial charge < -0.3 is 9.64 Å². The second kappa shape index (κ2) is 15.1. The van der Waals surface area contributed by atoms with E-state index in [1.54, 1.807) is 0 Å². The molecule has 0 amide bonds. The fourth-order valence-corrected chi connectivity index (χ4v) is 10.3. The SMILES string of the molecule is c1ccc(-c2cccc(N(c3ccc4c(c3)C3(c5ccccc5Oc5ccccc53)c3ccccc3-4)c3ccccc3-c3ccccc3-c3ccccc3-c3ccccc3)c2)cc1. The molecule has 0 saturated heterocycles. The maximum absolute atomic E-state index is 6.70. The van der Waals surface area contributed by atoms with Crippen LogP contribution in [0, 0.1) is 0 Å². The number of hydrogen-bond donors (Lipinski definition) is 0. The van der Waals surface area contributed by atoms with Crippen LogP contribution < -0.4 is 9.64 Å². The van der Waals surface area contributed by atoms with E-state index in [1.165, 1.54) is 50.1 Å². The molecule has 0 atom stereocenters. The van der Waals surface area contributed by atoms with Crippen molar-refractivity contribution in [2.75, 3.05) is 4.90 Å². The third-order valence-electron chi connectivity index (χ3n) is 13.0. The largest absolute Gasteiger partial charge is 0.457 e. The highest BCUT2D eigenvalue weighted by Crippen LogP contribution is 2.63. The van der Waals surface area contributed by atoms with Gasteiger partial charge in [0.1, 0.15) is 11.5 Å². The van der Waals surface area contributed by atoms with E-state index in [0.717, 1.165) is 56.4 Å². The average molecular weight is 804 g/mol. The molecule has 2 aliphatic rings. The van der Waals surface area contributed by atoms with Crippen LogP contribution in [0.25, 0.3) is 55.6 Å². The molecule has 0 N–H and O–H groups in total. The van der Waals surface area contributed by atoms with Crippen molar-refractivity contribution in [2.45, 2.75) is 5.41 Å². The zero-order valence-corrected chi connectivity index (χ0v) is 34.5. The van der Waals surface area contributed by atoms with Gasteiger partial charge in [-0.25, -0.2) is 0 Å². The van der Waals surface area contributed by atoms with Gasteiger partial charge in [0.2, 0.25) is 0 Å². The summed E-state index contributed by atoms with van der Waals surface area (Å²) in [5.41, 5.74) is 19.3. The highest BCUT2D eigenvalue weighted by atomic mass is 16.5. The number of ether oxygens (including phenoxy) is 1. The molecule has 0 unspecified atom stereocenters. The van der Waals surface area contributed by atoms with Crippen LogP contribution in [0.5, 0.6) is 11.5 Å². The smallest absolute Gasteiger partial charge is 0.132 e. The minimum atomic E-state index is -0.599. The van der Waals surface area contributed by atoms with Crippen molar-refractivity contribution in [3.05, 3.63) is 271 Å². The molecule has 1 aliphatic heterocycles. The number of benzene rings is 10. The lowest BCUT2D eigenvalue weighted by molar-refractivity contribution is 0.436. The minimum absolute atomic E-state index is 0.599. The third kappa shape index (κ3) is 5.87. The van der Waals surface area contributed by atoms with Gasteiger partial charge in [-0.2, -0.15) is 0 Å². The van der Waals surface area contributed by atoms with Gasteiger partial charge in [0.05, 0.1) is 11.1 Å². The first-order chi connectivity index (χ1) is 31.3. The summed E-state index contributed by atoms with van der Waals surface area (Å²) in [6, 6.07) is 90.1. The molecule has 12 rings (SSSR count). The number of nitrogens with zero attached hydrogens (tertiary/aromatic N) is 1. The Kier molecular flexibility index (Phi) is 8.76. The molecular formula is C61H41NO. The Balaban J connectivity index is 1.12. The topological polar surface area (TPSA) is 12.5 Å². The number of rotatable bonds is 7. The van der Waals surface area contributed by atoms with Crippen LogP contribution >= 0.6 is 0 Å². The molecule has 0 aromatic heterocycles. The molecular weight excluding hydrogens is 763 g/mol. The highest BCUT2D eigenvalue weighted by Gasteiger charge is 2.51. The van der Waals surface area contributed by atoms with E-state index in [-0.39, 0.29) is 0 Å². The molecule has 1 aliphatic carbocycles. The second-order valence-electron chi connectivity index (χ2n) is 16.3. The van der Waals surface area contributed by atoms with Crippen LogP contribution in [0.4, 0.5) is 17.1 Å². The molecule has 1 spiro atoms. The lowest BCUT2D eigenvalue weighted by atomic mass is 9.66.